The number of piperazine rings is 1. The van der Waals surface area contributed by atoms with E-state index in [1.54, 1.807) is 6.33 Å². The Morgan fingerprint density at radius 3 is 2.90 bits per heavy atom. The highest BCUT2D eigenvalue weighted by molar-refractivity contribution is 5.59. The molecular weight excluding hydrogens is 262 g/mol. The lowest BCUT2D eigenvalue weighted by atomic mass is 9.99. The largest absolute Gasteiger partial charge is 0.370 e. The van der Waals surface area contributed by atoms with Gasteiger partial charge in [-0.25, -0.2) is 9.97 Å². The van der Waals surface area contributed by atoms with Crippen LogP contribution in [0.4, 0.5) is 11.6 Å². The number of aromatic nitrogens is 2. The second-order valence-electron chi connectivity index (χ2n) is 6.04. The summed E-state index contributed by atoms with van der Waals surface area (Å²) in [6.45, 7) is 9.88. The zero-order valence-electron chi connectivity index (χ0n) is 13.3. The number of fused-ring (bicyclic) bond motifs is 1. The lowest BCUT2D eigenvalue weighted by molar-refractivity contribution is 0.133. The van der Waals surface area contributed by atoms with E-state index in [2.05, 4.69) is 38.9 Å². The first-order valence-electron chi connectivity index (χ1n) is 8.40. The van der Waals surface area contributed by atoms with E-state index < -0.39 is 0 Å². The van der Waals surface area contributed by atoms with Gasteiger partial charge in [0.25, 0.3) is 0 Å². The highest BCUT2D eigenvalue weighted by Crippen LogP contribution is 2.28. The summed E-state index contributed by atoms with van der Waals surface area (Å²) in [5, 5.41) is 3.37. The topological polar surface area (TPSA) is 44.3 Å². The van der Waals surface area contributed by atoms with E-state index in [-0.39, 0.29) is 0 Å². The molecule has 0 radical (unpaired) electrons. The van der Waals surface area contributed by atoms with Crippen molar-refractivity contribution in [2.45, 2.75) is 45.6 Å². The molecule has 0 spiro atoms. The van der Waals surface area contributed by atoms with Crippen molar-refractivity contribution in [3.05, 3.63) is 11.9 Å². The molecule has 1 unspecified atom stereocenters. The number of hydrogen-bond donors (Lipinski definition) is 1. The third kappa shape index (κ3) is 2.98. The molecule has 3 heterocycles. The maximum Gasteiger partial charge on any atom is 0.137 e. The van der Waals surface area contributed by atoms with Crippen LogP contribution in [0.5, 0.6) is 0 Å². The van der Waals surface area contributed by atoms with Crippen molar-refractivity contribution in [2.75, 3.05) is 42.9 Å². The van der Waals surface area contributed by atoms with Crippen LogP contribution in [0.25, 0.3) is 0 Å². The number of rotatable bonds is 4. The fourth-order valence-electron chi connectivity index (χ4n) is 3.67. The third-order valence-corrected chi connectivity index (χ3v) is 4.76. The Bertz CT molecular complexity index is 476. The van der Waals surface area contributed by atoms with E-state index >= 15 is 0 Å². The van der Waals surface area contributed by atoms with Crippen molar-refractivity contribution in [3.63, 3.8) is 0 Å². The summed E-state index contributed by atoms with van der Waals surface area (Å²) < 4.78 is 0. The number of nitrogens with one attached hydrogen (secondary N) is 1. The highest BCUT2D eigenvalue weighted by atomic mass is 15.3. The molecule has 3 rings (SSSR count). The quantitative estimate of drug-likeness (QED) is 0.920. The highest BCUT2D eigenvalue weighted by Gasteiger charge is 2.30. The molecule has 2 fully saturated rings. The van der Waals surface area contributed by atoms with Gasteiger partial charge in [0.2, 0.25) is 0 Å². The van der Waals surface area contributed by atoms with Crippen molar-refractivity contribution < 1.29 is 0 Å². The Morgan fingerprint density at radius 2 is 2.10 bits per heavy atom. The van der Waals surface area contributed by atoms with Gasteiger partial charge in [0, 0.05) is 37.8 Å². The summed E-state index contributed by atoms with van der Waals surface area (Å²) in [7, 11) is 0. The minimum atomic E-state index is 0.717. The lowest BCUT2D eigenvalue weighted by Gasteiger charge is -2.44. The standard InChI is InChI=1S/C16H27N5/c1-3-14-15(17-4-2)18-12-19-16(14)21-10-9-20-8-6-5-7-13(20)11-21/h12-13H,3-11H2,1-2H3,(H,17,18,19). The first kappa shape index (κ1) is 14.6. The summed E-state index contributed by atoms with van der Waals surface area (Å²) in [4.78, 5) is 14.2. The van der Waals surface area contributed by atoms with Gasteiger partial charge in [0.05, 0.1) is 0 Å². The van der Waals surface area contributed by atoms with Crippen molar-refractivity contribution in [2.24, 2.45) is 0 Å². The zero-order chi connectivity index (χ0) is 14.7. The summed E-state index contributed by atoms with van der Waals surface area (Å²) in [6, 6.07) is 0.717. The van der Waals surface area contributed by atoms with E-state index in [4.69, 9.17) is 0 Å². The van der Waals surface area contributed by atoms with Gasteiger partial charge < -0.3 is 10.2 Å². The maximum atomic E-state index is 4.61. The summed E-state index contributed by atoms with van der Waals surface area (Å²) in [6.07, 6.45) is 6.77. The Balaban J connectivity index is 1.81. The normalized spacial score (nSPS) is 23.0. The van der Waals surface area contributed by atoms with Crippen LogP contribution in [0, 0.1) is 0 Å². The van der Waals surface area contributed by atoms with Gasteiger partial charge in [-0.1, -0.05) is 13.3 Å². The van der Waals surface area contributed by atoms with Crippen LogP contribution in [0.2, 0.25) is 0 Å². The zero-order valence-corrected chi connectivity index (χ0v) is 13.3. The molecule has 2 saturated heterocycles. The van der Waals surface area contributed by atoms with Crippen molar-refractivity contribution in [1.29, 1.82) is 0 Å². The Morgan fingerprint density at radius 1 is 1.19 bits per heavy atom. The molecule has 0 aliphatic carbocycles. The second kappa shape index (κ2) is 6.60. The van der Waals surface area contributed by atoms with Gasteiger partial charge in [-0.2, -0.15) is 0 Å². The summed E-state index contributed by atoms with van der Waals surface area (Å²) in [5.41, 5.74) is 1.27. The molecule has 2 aliphatic rings. The number of nitrogens with zero attached hydrogens (tertiary/aromatic N) is 4. The molecule has 0 aromatic carbocycles. The van der Waals surface area contributed by atoms with E-state index in [9.17, 15) is 0 Å². The molecule has 0 amide bonds. The first-order chi connectivity index (χ1) is 10.3. The Hall–Kier alpha value is -1.36. The number of hydrogen-bond acceptors (Lipinski definition) is 5. The molecule has 21 heavy (non-hydrogen) atoms. The van der Waals surface area contributed by atoms with Gasteiger partial charge in [-0.3, -0.25) is 4.90 Å². The van der Waals surface area contributed by atoms with Crippen molar-refractivity contribution >= 4 is 11.6 Å². The molecule has 5 nitrogen and oxygen atoms in total. The number of piperidine rings is 1. The summed E-state index contributed by atoms with van der Waals surface area (Å²) >= 11 is 0. The van der Waals surface area contributed by atoms with Gasteiger partial charge in [0.1, 0.15) is 18.0 Å². The average molecular weight is 289 g/mol. The van der Waals surface area contributed by atoms with Gasteiger partial charge in [-0.15, -0.1) is 0 Å². The fourth-order valence-corrected chi connectivity index (χ4v) is 3.67. The van der Waals surface area contributed by atoms with Gasteiger partial charge >= 0.3 is 0 Å². The molecule has 5 heteroatoms. The molecule has 0 saturated carbocycles. The first-order valence-corrected chi connectivity index (χ1v) is 8.40. The fraction of sp³-hybridized carbons (Fsp3) is 0.750. The van der Waals surface area contributed by atoms with E-state index in [0.717, 1.165) is 43.7 Å². The molecule has 0 bridgehead atoms. The van der Waals surface area contributed by atoms with Crippen LogP contribution in [0.15, 0.2) is 6.33 Å². The SMILES string of the molecule is CCNc1ncnc(N2CCN3CCCCC3C2)c1CC. The molecule has 1 aromatic heterocycles. The minimum Gasteiger partial charge on any atom is -0.370 e. The van der Waals surface area contributed by atoms with Crippen LogP contribution in [-0.2, 0) is 6.42 Å². The van der Waals surface area contributed by atoms with Crippen LogP contribution in [0.3, 0.4) is 0 Å². The summed E-state index contributed by atoms with van der Waals surface area (Å²) in [5.74, 6) is 2.16. The predicted octanol–water partition coefficient (Wildman–Crippen LogP) is 2.15. The number of anilines is 2. The average Bonchev–Trinajstić information content (AvgIpc) is 2.54. The van der Waals surface area contributed by atoms with Gasteiger partial charge in [-0.05, 0) is 32.7 Å². The van der Waals surface area contributed by atoms with Crippen LogP contribution >= 0.6 is 0 Å². The van der Waals surface area contributed by atoms with Crippen molar-refractivity contribution in [3.8, 4) is 0 Å². The molecule has 1 atom stereocenters. The molecule has 116 valence electrons. The monoisotopic (exact) mass is 289 g/mol. The molecule has 1 aromatic rings. The van der Waals surface area contributed by atoms with Crippen molar-refractivity contribution in [1.82, 2.24) is 14.9 Å². The van der Waals surface area contributed by atoms with E-state index in [0.29, 0.717) is 0 Å². The van der Waals surface area contributed by atoms with Crippen LogP contribution < -0.4 is 10.2 Å². The van der Waals surface area contributed by atoms with E-state index in [1.807, 2.05) is 0 Å². The maximum absolute atomic E-state index is 4.61. The molecule has 2 aliphatic heterocycles. The third-order valence-electron chi connectivity index (χ3n) is 4.76. The lowest BCUT2D eigenvalue weighted by Crippen LogP contribution is -2.55. The van der Waals surface area contributed by atoms with Gasteiger partial charge in [0.15, 0.2) is 0 Å². The minimum absolute atomic E-state index is 0.717. The molecular formula is C16H27N5. The van der Waals surface area contributed by atoms with E-state index in [1.165, 1.54) is 37.9 Å². The van der Waals surface area contributed by atoms with Crippen LogP contribution in [-0.4, -0.2) is 53.6 Å². The predicted molar refractivity (Wildman–Crippen MR) is 87.0 cm³/mol. The smallest absolute Gasteiger partial charge is 0.137 e. The van der Waals surface area contributed by atoms with Crippen LogP contribution in [0.1, 0.15) is 38.7 Å². The Kier molecular flexibility index (Phi) is 4.58. The second-order valence-corrected chi connectivity index (χ2v) is 6.04. The molecule has 1 N–H and O–H groups in total. The Labute approximate surface area is 127 Å².